The van der Waals surface area contributed by atoms with Crippen LogP contribution in [0.25, 0.3) is 11.3 Å². The number of methoxy groups -OCH3 is 1. The molecule has 0 aliphatic carbocycles. The molecule has 7 nitrogen and oxygen atoms in total. The van der Waals surface area contributed by atoms with Gasteiger partial charge in [-0.3, -0.25) is 14.8 Å². The molecule has 3 rings (SSSR count). The molecule has 0 radical (unpaired) electrons. The van der Waals surface area contributed by atoms with E-state index in [0.29, 0.717) is 18.2 Å². The molecule has 1 unspecified atom stereocenters. The maximum atomic E-state index is 12.3. The van der Waals surface area contributed by atoms with Crippen molar-refractivity contribution in [2.45, 2.75) is 38.5 Å². The number of carbonyl (C=O) groups excluding carboxylic acids is 1. The lowest BCUT2D eigenvalue weighted by Crippen LogP contribution is -2.32. The lowest BCUT2D eigenvalue weighted by atomic mass is 9.91. The number of hydrogen-bond donors (Lipinski definition) is 1. The highest BCUT2D eigenvalue weighted by Gasteiger charge is 2.15. The van der Waals surface area contributed by atoms with Crippen molar-refractivity contribution in [2.75, 3.05) is 34.3 Å². The third-order valence-corrected chi connectivity index (χ3v) is 5.75. The van der Waals surface area contributed by atoms with Crippen LogP contribution in [0.1, 0.15) is 42.5 Å². The van der Waals surface area contributed by atoms with Crippen molar-refractivity contribution in [3.63, 3.8) is 0 Å². The number of hydrogen-bond acceptors (Lipinski definition) is 6. The zero-order chi connectivity index (χ0) is 24.3. The predicted molar refractivity (Wildman–Crippen MR) is 135 cm³/mol. The molecule has 1 amide bonds. The van der Waals surface area contributed by atoms with E-state index in [4.69, 9.17) is 9.72 Å². The number of rotatable bonds is 12. The van der Waals surface area contributed by atoms with Crippen LogP contribution in [-0.2, 0) is 17.6 Å². The Kier molecular flexibility index (Phi) is 9.52. The zero-order valence-corrected chi connectivity index (χ0v) is 20.6. The van der Waals surface area contributed by atoms with Crippen molar-refractivity contribution in [1.82, 2.24) is 25.2 Å². The van der Waals surface area contributed by atoms with Crippen molar-refractivity contribution < 1.29 is 9.53 Å². The van der Waals surface area contributed by atoms with Crippen LogP contribution in [0.4, 0.5) is 0 Å². The SMILES string of the molecule is CCCC(Cc1cncc(-c2ccc(CC(=O)NCCN(C)C)c(OC)c2)n1)c1cccnc1. The molecule has 0 saturated heterocycles. The molecule has 0 aliphatic heterocycles. The number of carbonyl (C=O) groups is 1. The van der Waals surface area contributed by atoms with Gasteiger partial charge in [-0.2, -0.15) is 0 Å². The summed E-state index contributed by atoms with van der Waals surface area (Å²) in [6, 6.07) is 9.95. The smallest absolute Gasteiger partial charge is 0.224 e. The average molecular weight is 462 g/mol. The summed E-state index contributed by atoms with van der Waals surface area (Å²) in [5.74, 6) is 1.00. The van der Waals surface area contributed by atoms with Crippen molar-refractivity contribution in [3.8, 4) is 17.0 Å². The molecule has 7 heteroatoms. The Morgan fingerprint density at radius 1 is 1.15 bits per heavy atom. The van der Waals surface area contributed by atoms with E-state index in [9.17, 15) is 4.79 Å². The molecule has 0 bridgehead atoms. The third kappa shape index (κ3) is 7.35. The molecular weight excluding hydrogens is 426 g/mol. The van der Waals surface area contributed by atoms with Gasteiger partial charge in [0.1, 0.15) is 5.75 Å². The highest BCUT2D eigenvalue weighted by atomic mass is 16.5. The summed E-state index contributed by atoms with van der Waals surface area (Å²) in [4.78, 5) is 28.0. The molecule has 34 heavy (non-hydrogen) atoms. The molecule has 0 aliphatic rings. The van der Waals surface area contributed by atoms with Crippen LogP contribution in [0, 0.1) is 0 Å². The van der Waals surface area contributed by atoms with Crippen LogP contribution in [0.3, 0.4) is 0 Å². The molecule has 1 aromatic carbocycles. The molecule has 0 fully saturated rings. The fourth-order valence-corrected chi connectivity index (χ4v) is 3.95. The number of pyridine rings is 1. The first-order valence-corrected chi connectivity index (χ1v) is 11.8. The van der Waals surface area contributed by atoms with Crippen LogP contribution >= 0.6 is 0 Å². The standard InChI is InChI=1S/C27H35N5O2/c1-5-7-20(23-8-6-11-28-17-23)14-24-18-29-19-25(31-24)21-9-10-22(26(15-21)34-4)16-27(33)30-12-13-32(2)3/h6,8-11,15,17-20H,5,7,12-14,16H2,1-4H3,(H,30,33). The normalized spacial score (nSPS) is 11.9. The summed E-state index contributed by atoms with van der Waals surface area (Å²) >= 11 is 0. The summed E-state index contributed by atoms with van der Waals surface area (Å²) in [7, 11) is 5.58. The Labute approximate surface area is 202 Å². The van der Waals surface area contributed by atoms with Gasteiger partial charge < -0.3 is 15.0 Å². The monoisotopic (exact) mass is 461 g/mol. The number of likely N-dealkylation sites (N-methyl/N-ethyl adjacent to an activating group) is 1. The quantitative estimate of drug-likeness (QED) is 0.441. The Morgan fingerprint density at radius 2 is 2.00 bits per heavy atom. The Hall–Kier alpha value is -3.32. The minimum absolute atomic E-state index is 0.0212. The van der Waals surface area contributed by atoms with E-state index < -0.39 is 0 Å². The molecule has 2 heterocycles. The van der Waals surface area contributed by atoms with Crippen LogP contribution in [0.2, 0.25) is 0 Å². The second kappa shape index (κ2) is 12.8. The van der Waals surface area contributed by atoms with Crippen LogP contribution < -0.4 is 10.1 Å². The Bertz CT molecular complexity index is 1060. The Morgan fingerprint density at radius 3 is 2.71 bits per heavy atom. The van der Waals surface area contributed by atoms with E-state index in [-0.39, 0.29) is 12.3 Å². The molecular formula is C27H35N5O2. The van der Waals surface area contributed by atoms with Crippen molar-refractivity contribution in [2.24, 2.45) is 0 Å². The van der Waals surface area contributed by atoms with Gasteiger partial charge in [0.05, 0.1) is 31.1 Å². The first-order chi connectivity index (χ1) is 16.5. The maximum absolute atomic E-state index is 12.3. The molecule has 2 aromatic heterocycles. The van der Waals surface area contributed by atoms with E-state index in [1.165, 1.54) is 5.56 Å². The van der Waals surface area contributed by atoms with Gasteiger partial charge in [-0.1, -0.05) is 31.5 Å². The number of aromatic nitrogens is 3. The molecule has 3 aromatic rings. The summed E-state index contributed by atoms with van der Waals surface area (Å²) in [6.07, 6.45) is 10.6. The highest BCUT2D eigenvalue weighted by Crippen LogP contribution is 2.28. The van der Waals surface area contributed by atoms with Gasteiger partial charge >= 0.3 is 0 Å². The fourth-order valence-electron chi connectivity index (χ4n) is 3.95. The van der Waals surface area contributed by atoms with E-state index in [1.54, 1.807) is 19.5 Å². The van der Waals surface area contributed by atoms with Gasteiger partial charge in [0.25, 0.3) is 0 Å². The topological polar surface area (TPSA) is 80.2 Å². The molecule has 0 saturated carbocycles. The predicted octanol–water partition coefficient (Wildman–Crippen LogP) is 3.89. The summed E-state index contributed by atoms with van der Waals surface area (Å²) in [6.45, 7) is 3.62. The highest BCUT2D eigenvalue weighted by molar-refractivity contribution is 5.79. The first kappa shape index (κ1) is 25.3. The second-order valence-electron chi connectivity index (χ2n) is 8.73. The maximum Gasteiger partial charge on any atom is 0.224 e. The number of ether oxygens (including phenoxy) is 1. The van der Waals surface area contributed by atoms with Crippen LogP contribution in [-0.4, -0.2) is 60.1 Å². The van der Waals surface area contributed by atoms with Gasteiger partial charge in [0, 0.05) is 42.8 Å². The van der Waals surface area contributed by atoms with Gasteiger partial charge in [-0.05, 0) is 50.6 Å². The fraction of sp³-hybridized carbons (Fsp3) is 0.407. The van der Waals surface area contributed by atoms with Crippen molar-refractivity contribution in [3.05, 3.63) is 71.9 Å². The zero-order valence-electron chi connectivity index (χ0n) is 20.6. The van der Waals surface area contributed by atoms with Gasteiger partial charge in [-0.25, -0.2) is 4.98 Å². The van der Waals surface area contributed by atoms with Crippen LogP contribution in [0.5, 0.6) is 5.75 Å². The number of nitrogens with one attached hydrogen (secondary N) is 1. The third-order valence-electron chi connectivity index (χ3n) is 5.75. The van der Waals surface area contributed by atoms with Crippen molar-refractivity contribution in [1.29, 1.82) is 0 Å². The number of benzene rings is 1. The minimum atomic E-state index is -0.0212. The van der Waals surface area contributed by atoms with Crippen LogP contribution in [0.15, 0.2) is 55.1 Å². The van der Waals surface area contributed by atoms with E-state index in [2.05, 4.69) is 28.3 Å². The van der Waals surface area contributed by atoms with E-state index in [0.717, 1.165) is 48.3 Å². The summed E-state index contributed by atoms with van der Waals surface area (Å²) in [5, 5.41) is 2.95. The van der Waals surface area contributed by atoms with Gasteiger partial charge in [-0.15, -0.1) is 0 Å². The largest absolute Gasteiger partial charge is 0.496 e. The molecule has 1 N–H and O–H groups in total. The van der Waals surface area contributed by atoms with E-state index in [1.807, 2.05) is 55.7 Å². The first-order valence-electron chi connectivity index (χ1n) is 11.8. The molecule has 0 spiro atoms. The lowest BCUT2D eigenvalue weighted by Gasteiger charge is -2.16. The van der Waals surface area contributed by atoms with Gasteiger partial charge in [0.2, 0.25) is 5.91 Å². The number of amides is 1. The summed E-state index contributed by atoms with van der Waals surface area (Å²) < 4.78 is 5.59. The minimum Gasteiger partial charge on any atom is -0.496 e. The molecule has 180 valence electrons. The second-order valence-corrected chi connectivity index (χ2v) is 8.73. The molecule has 1 atom stereocenters. The summed E-state index contributed by atoms with van der Waals surface area (Å²) in [5.41, 5.74) is 4.72. The van der Waals surface area contributed by atoms with Crippen molar-refractivity contribution >= 4 is 5.91 Å². The van der Waals surface area contributed by atoms with Gasteiger partial charge in [0.15, 0.2) is 0 Å². The van der Waals surface area contributed by atoms with E-state index >= 15 is 0 Å². The lowest BCUT2D eigenvalue weighted by molar-refractivity contribution is -0.120. The number of nitrogens with zero attached hydrogens (tertiary/aromatic N) is 4. The average Bonchev–Trinajstić information content (AvgIpc) is 2.84. The Balaban J connectivity index is 1.74.